The lowest BCUT2D eigenvalue weighted by Gasteiger charge is -2.35. The number of rotatable bonds is 4. The molecule has 2 aliphatic rings. The Morgan fingerprint density at radius 2 is 1.87 bits per heavy atom. The molecule has 2 atom stereocenters. The number of nitrogens with zero attached hydrogens (tertiary/aromatic N) is 3. The lowest BCUT2D eigenvalue weighted by Crippen LogP contribution is -2.42. The first-order valence-corrected chi connectivity index (χ1v) is 11.4. The van der Waals surface area contributed by atoms with E-state index in [0.717, 1.165) is 30.2 Å². The molecule has 0 saturated carbocycles. The molecule has 1 saturated heterocycles. The molecule has 2 aromatic carbocycles. The second kappa shape index (κ2) is 7.42. The monoisotopic (exact) mass is 438 g/mol. The van der Waals surface area contributed by atoms with Crippen LogP contribution in [-0.2, 0) is 16.4 Å². The number of benzene rings is 2. The number of fused-ring (bicyclic) bond motifs is 4. The average Bonchev–Trinajstić information content (AvgIpc) is 3.08. The van der Waals surface area contributed by atoms with Gasteiger partial charge in [-0.1, -0.05) is 12.1 Å². The van der Waals surface area contributed by atoms with E-state index in [-0.39, 0.29) is 23.7 Å². The summed E-state index contributed by atoms with van der Waals surface area (Å²) in [5.41, 5.74) is 2.72. The van der Waals surface area contributed by atoms with Gasteiger partial charge in [0.1, 0.15) is 17.0 Å². The first-order chi connectivity index (χ1) is 14.9. The van der Waals surface area contributed by atoms with Gasteiger partial charge in [0.2, 0.25) is 0 Å². The van der Waals surface area contributed by atoms with Gasteiger partial charge in [-0.2, -0.15) is 0 Å². The maximum atomic E-state index is 13.9. The van der Waals surface area contributed by atoms with Crippen molar-refractivity contribution < 1.29 is 17.6 Å². The number of nitrogens with one attached hydrogen (secondary N) is 1. The van der Waals surface area contributed by atoms with Crippen LogP contribution in [0.1, 0.15) is 40.5 Å². The third-order valence-electron chi connectivity index (χ3n) is 5.86. The predicted octanol–water partition coefficient (Wildman–Crippen LogP) is 3.32. The highest BCUT2D eigenvalue weighted by atomic mass is 32.2. The van der Waals surface area contributed by atoms with Crippen molar-refractivity contribution >= 4 is 21.6 Å². The van der Waals surface area contributed by atoms with Crippen LogP contribution >= 0.6 is 0 Å². The summed E-state index contributed by atoms with van der Waals surface area (Å²) in [5.74, 6) is -0.933. The minimum absolute atomic E-state index is 0.0401. The molecule has 31 heavy (non-hydrogen) atoms. The van der Waals surface area contributed by atoms with E-state index in [4.69, 9.17) is 0 Å². The molecule has 2 aliphatic heterocycles. The van der Waals surface area contributed by atoms with Crippen LogP contribution in [0.2, 0.25) is 0 Å². The zero-order valence-corrected chi connectivity index (χ0v) is 17.2. The van der Waals surface area contributed by atoms with E-state index in [1.165, 1.54) is 36.7 Å². The molecular weight excluding hydrogens is 419 g/mol. The summed E-state index contributed by atoms with van der Waals surface area (Å²) in [6.07, 6.45) is 5.82. The fraction of sp³-hybridized carbons (Fsp3) is 0.227. The number of sulfonamides is 1. The molecule has 1 aromatic heterocycles. The van der Waals surface area contributed by atoms with Crippen LogP contribution in [0, 0.1) is 5.82 Å². The smallest absolute Gasteiger partial charge is 0.264 e. The summed E-state index contributed by atoms with van der Waals surface area (Å²) in [6.45, 7) is 0. The average molecular weight is 438 g/mol. The SMILES string of the molecule is O=C(c1ccc(NS(=O)(=O)c2ccccc2F)cc1)N1C2CCC1c1cncnc1C2. The van der Waals surface area contributed by atoms with Crippen LogP contribution in [0.25, 0.3) is 0 Å². The molecule has 1 fully saturated rings. The molecule has 7 nitrogen and oxygen atoms in total. The van der Waals surface area contributed by atoms with Crippen molar-refractivity contribution in [2.45, 2.75) is 36.2 Å². The summed E-state index contributed by atoms with van der Waals surface area (Å²) >= 11 is 0. The number of hydrogen-bond donors (Lipinski definition) is 1. The van der Waals surface area contributed by atoms with Gasteiger partial charge in [0.05, 0.1) is 11.7 Å². The Balaban J connectivity index is 1.36. The lowest BCUT2D eigenvalue weighted by molar-refractivity contribution is 0.0644. The summed E-state index contributed by atoms with van der Waals surface area (Å²) in [5, 5.41) is 0. The van der Waals surface area contributed by atoms with Crippen LogP contribution in [0.4, 0.5) is 10.1 Å². The molecule has 1 N–H and O–H groups in total. The van der Waals surface area contributed by atoms with Crippen molar-refractivity contribution in [3.63, 3.8) is 0 Å². The molecule has 3 aromatic rings. The Hall–Kier alpha value is -3.33. The van der Waals surface area contributed by atoms with Gasteiger partial charge in [-0.05, 0) is 49.2 Å². The van der Waals surface area contributed by atoms with Gasteiger partial charge in [-0.3, -0.25) is 9.52 Å². The molecule has 1 amide bonds. The number of anilines is 1. The van der Waals surface area contributed by atoms with Gasteiger partial charge >= 0.3 is 0 Å². The number of halogens is 1. The van der Waals surface area contributed by atoms with Crippen molar-refractivity contribution in [3.05, 3.63) is 83.7 Å². The Kier molecular flexibility index (Phi) is 4.70. The van der Waals surface area contributed by atoms with Crippen LogP contribution < -0.4 is 4.72 Å². The van der Waals surface area contributed by atoms with Crippen molar-refractivity contribution in [1.29, 1.82) is 0 Å². The van der Waals surface area contributed by atoms with Crippen LogP contribution in [-0.4, -0.2) is 35.2 Å². The first kappa shape index (κ1) is 19.6. The Labute approximate surface area is 179 Å². The Bertz CT molecular complexity index is 1260. The summed E-state index contributed by atoms with van der Waals surface area (Å²) in [6, 6.07) is 11.4. The third kappa shape index (κ3) is 3.44. The fourth-order valence-corrected chi connectivity index (χ4v) is 5.58. The highest BCUT2D eigenvalue weighted by molar-refractivity contribution is 7.92. The van der Waals surface area contributed by atoms with Gasteiger partial charge in [0, 0.05) is 35.5 Å². The molecule has 0 aliphatic carbocycles. The highest BCUT2D eigenvalue weighted by Crippen LogP contribution is 2.43. The molecule has 0 radical (unpaired) electrons. The summed E-state index contributed by atoms with van der Waals surface area (Å²) < 4.78 is 41.1. The maximum Gasteiger partial charge on any atom is 0.264 e. The van der Waals surface area contributed by atoms with Crippen LogP contribution in [0.3, 0.4) is 0 Å². The largest absolute Gasteiger partial charge is 0.328 e. The summed E-state index contributed by atoms with van der Waals surface area (Å²) in [7, 11) is -4.07. The zero-order valence-electron chi connectivity index (χ0n) is 16.4. The highest BCUT2D eigenvalue weighted by Gasteiger charge is 2.43. The second-order valence-corrected chi connectivity index (χ2v) is 9.35. The van der Waals surface area contributed by atoms with E-state index in [2.05, 4.69) is 14.7 Å². The lowest BCUT2D eigenvalue weighted by atomic mass is 9.98. The Morgan fingerprint density at radius 1 is 1.10 bits per heavy atom. The number of carbonyl (C=O) groups is 1. The predicted molar refractivity (Wildman–Crippen MR) is 111 cm³/mol. The van der Waals surface area contributed by atoms with E-state index >= 15 is 0 Å². The minimum atomic E-state index is -4.07. The molecule has 2 bridgehead atoms. The molecule has 9 heteroatoms. The van der Waals surface area contributed by atoms with Crippen molar-refractivity contribution in [2.75, 3.05) is 4.72 Å². The first-order valence-electron chi connectivity index (χ1n) is 9.93. The van der Waals surface area contributed by atoms with Crippen LogP contribution in [0.5, 0.6) is 0 Å². The maximum absolute atomic E-state index is 13.9. The number of aromatic nitrogens is 2. The second-order valence-electron chi connectivity index (χ2n) is 7.70. The van der Waals surface area contributed by atoms with Crippen molar-refractivity contribution in [3.8, 4) is 0 Å². The van der Waals surface area contributed by atoms with Gasteiger partial charge in [0.15, 0.2) is 0 Å². The van der Waals surface area contributed by atoms with Gasteiger partial charge < -0.3 is 4.90 Å². The van der Waals surface area contributed by atoms with E-state index < -0.39 is 20.7 Å². The van der Waals surface area contributed by atoms with E-state index in [9.17, 15) is 17.6 Å². The molecular formula is C22H19FN4O3S. The minimum Gasteiger partial charge on any atom is -0.328 e. The quantitative estimate of drug-likeness (QED) is 0.675. The molecule has 2 unspecified atom stereocenters. The standard InChI is InChI=1S/C22H19FN4O3S/c23-18-3-1-2-4-21(18)31(29,30)26-15-7-5-14(6-8-15)22(28)27-16-9-10-20(27)17-12-24-13-25-19(17)11-16/h1-8,12-13,16,20,26H,9-11H2. The van der Waals surface area contributed by atoms with Gasteiger partial charge in [0.25, 0.3) is 15.9 Å². The van der Waals surface area contributed by atoms with E-state index in [1.54, 1.807) is 18.3 Å². The third-order valence-corrected chi connectivity index (χ3v) is 7.28. The van der Waals surface area contributed by atoms with Gasteiger partial charge in [-0.25, -0.2) is 22.8 Å². The van der Waals surface area contributed by atoms with E-state index in [1.807, 2.05) is 4.90 Å². The molecule has 5 rings (SSSR count). The zero-order chi connectivity index (χ0) is 21.6. The van der Waals surface area contributed by atoms with Crippen LogP contribution in [0.15, 0.2) is 66.0 Å². The topological polar surface area (TPSA) is 92.3 Å². The number of carbonyl (C=O) groups excluding carboxylic acids is 1. The molecule has 158 valence electrons. The normalized spacial score (nSPS) is 19.7. The van der Waals surface area contributed by atoms with Gasteiger partial charge in [-0.15, -0.1) is 0 Å². The molecule has 0 spiro atoms. The van der Waals surface area contributed by atoms with E-state index in [0.29, 0.717) is 12.0 Å². The van der Waals surface area contributed by atoms with Crippen molar-refractivity contribution in [1.82, 2.24) is 14.9 Å². The number of hydrogen-bond acceptors (Lipinski definition) is 5. The molecule has 3 heterocycles. The summed E-state index contributed by atoms with van der Waals surface area (Å²) in [4.78, 5) is 23.2. The number of amides is 1. The fourth-order valence-electron chi connectivity index (χ4n) is 4.44. The Morgan fingerprint density at radius 3 is 2.65 bits per heavy atom. The van der Waals surface area contributed by atoms with Crippen molar-refractivity contribution in [2.24, 2.45) is 0 Å².